The van der Waals surface area contributed by atoms with Gasteiger partial charge in [0.25, 0.3) is 0 Å². The summed E-state index contributed by atoms with van der Waals surface area (Å²) in [6, 6.07) is 2.15. The van der Waals surface area contributed by atoms with Crippen LogP contribution in [0.1, 0.15) is 33.3 Å². The zero-order valence-electron chi connectivity index (χ0n) is 12.4. The number of alkyl carbamates (subject to hydrolysis) is 1. The predicted octanol–water partition coefficient (Wildman–Crippen LogP) is 2.85. The van der Waals surface area contributed by atoms with Gasteiger partial charge in [-0.1, -0.05) is 0 Å². The maximum Gasteiger partial charge on any atom is 0.407 e. The van der Waals surface area contributed by atoms with Gasteiger partial charge in [-0.05, 0) is 55.3 Å². The van der Waals surface area contributed by atoms with E-state index in [1.165, 1.54) is 0 Å². The summed E-state index contributed by atoms with van der Waals surface area (Å²) in [4.78, 5) is 15.6. The average Bonchev–Trinajstić information content (AvgIpc) is 2.32. The molecule has 0 spiro atoms. The number of amides is 1. The quantitative estimate of drug-likeness (QED) is 0.862. The molecule has 0 radical (unpaired) electrons. The molecule has 2 N–H and O–H groups in total. The molecule has 5 nitrogen and oxygen atoms in total. The SMILES string of the molecule is CC(CNC(=O)OC(C)(C)C)NCc1cncc(Br)c1. The second-order valence-electron chi connectivity index (χ2n) is 5.68. The molecule has 0 aromatic carbocycles. The molecule has 1 heterocycles. The van der Waals surface area contributed by atoms with E-state index in [9.17, 15) is 4.79 Å². The number of aromatic nitrogens is 1. The van der Waals surface area contributed by atoms with Crippen molar-refractivity contribution in [1.82, 2.24) is 15.6 Å². The first-order chi connectivity index (χ1) is 9.26. The Labute approximate surface area is 128 Å². The summed E-state index contributed by atoms with van der Waals surface area (Å²) in [7, 11) is 0. The lowest BCUT2D eigenvalue weighted by atomic mass is 10.2. The molecule has 1 aromatic rings. The van der Waals surface area contributed by atoms with E-state index < -0.39 is 11.7 Å². The fourth-order valence-electron chi connectivity index (χ4n) is 1.47. The zero-order valence-corrected chi connectivity index (χ0v) is 14.0. The van der Waals surface area contributed by atoms with Gasteiger partial charge in [-0.25, -0.2) is 4.79 Å². The smallest absolute Gasteiger partial charge is 0.407 e. The van der Waals surface area contributed by atoms with E-state index in [1.54, 1.807) is 6.20 Å². The number of pyridine rings is 1. The highest BCUT2D eigenvalue weighted by molar-refractivity contribution is 9.10. The summed E-state index contributed by atoms with van der Waals surface area (Å²) in [5.41, 5.74) is 0.617. The van der Waals surface area contributed by atoms with Gasteiger partial charge in [0.15, 0.2) is 0 Å². The Kier molecular flexibility index (Phi) is 6.42. The first-order valence-corrected chi connectivity index (χ1v) is 7.35. The first-order valence-electron chi connectivity index (χ1n) is 6.56. The lowest BCUT2D eigenvalue weighted by Gasteiger charge is -2.21. The van der Waals surface area contributed by atoms with E-state index >= 15 is 0 Å². The van der Waals surface area contributed by atoms with Crippen molar-refractivity contribution >= 4 is 22.0 Å². The maximum absolute atomic E-state index is 11.5. The lowest BCUT2D eigenvalue weighted by molar-refractivity contribution is 0.0523. The number of ether oxygens (including phenoxy) is 1. The lowest BCUT2D eigenvalue weighted by Crippen LogP contribution is -2.41. The summed E-state index contributed by atoms with van der Waals surface area (Å²) in [5.74, 6) is 0. The van der Waals surface area contributed by atoms with Gasteiger partial charge in [-0.2, -0.15) is 0 Å². The monoisotopic (exact) mass is 343 g/mol. The molecule has 0 saturated carbocycles. The Balaban J connectivity index is 2.27. The van der Waals surface area contributed by atoms with Gasteiger partial charge >= 0.3 is 6.09 Å². The third-order valence-electron chi connectivity index (χ3n) is 2.37. The van der Waals surface area contributed by atoms with Gasteiger partial charge in [0.2, 0.25) is 0 Å². The number of carbonyl (C=O) groups excluding carboxylic acids is 1. The summed E-state index contributed by atoms with van der Waals surface area (Å²) in [6.45, 7) is 8.74. The van der Waals surface area contributed by atoms with Crippen LogP contribution in [0.3, 0.4) is 0 Å². The van der Waals surface area contributed by atoms with Crippen molar-refractivity contribution in [3.8, 4) is 0 Å². The number of nitrogens with zero attached hydrogens (tertiary/aromatic N) is 1. The van der Waals surface area contributed by atoms with Crippen molar-refractivity contribution < 1.29 is 9.53 Å². The van der Waals surface area contributed by atoms with Crippen LogP contribution in [0.2, 0.25) is 0 Å². The Bertz CT molecular complexity index is 446. The van der Waals surface area contributed by atoms with E-state index in [4.69, 9.17) is 4.74 Å². The second-order valence-corrected chi connectivity index (χ2v) is 6.59. The zero-order chi connectivity index (χ0) is 15.2. The van der Waals surface area contributed by atoms with E-state index in [0.717, 1.165) is 10.0 Å². The second kappa shape index (κ2) is 7.59. The van der Waals surface area contributed by atoms with E-state index in [0.29, 0.717) is 13.1 Å². The number of hydrogen-bond donors (Lipinski definition) is 2. The predicted molar refractivity (Wildman–Crippen MR) is 82.5 cm³/mol. The summed E-state index contributed by atoms with van der Waals surface area (Å²) in [6.07, 6.45) is 3.17. The van der Waals surface area contributed by atoms with Crippen LogP contribution in [0.4, 0.5) is 4.79 Å². The molecule has 0 fully saturated rings. The first kappa shape index (κ1) is 16.9. The van der Waals surface area contributed by atoms with Gasteiger partial charge in [-0.3, -0.25) is 4.98 Å². The van der Waals surface area contributed by atoms with Crippen molar-refractivity contribution in [2.45, 2.75) is 45.9 Å². The fourth-order valence-corrected chi connectivity index (χ4v) is 1.88. The number of halogens is 1. The Morgan fingerprint density at radius 3 is 2.75 bits per heavy atom. The molecule has 1 aromatic heterocycles. The Morgan fingerprint density at radius 2 is 2.15 bits per heavy atom. The molecule has 0 aliphatic carbocycles. The molecule has 6 heteroatoms. The van der Waals surface area contributed by atoms with Crippen LogP contribution in [0.5, 0.6) is 0 Å². The standard InChI is InChI=1S/C14H22BrN3O2/c1-10(6-18-13(19)20-14(2,3)4)17-8-11-5-12(15)9-16-7-11/h5,7,9-10,17H,6,8H2,1-4H3,(H,18,19). The maximum atomic E-state index is 11.5. The van der Waals surface area contributed by atoms with Crippen molar-refractivity contribution in [2.24, 2.45) is 0 Å². The Morgan fingerprint density at radius 1 is 1.45 bits per heavy atom. The molecular weight excluding hydrogens is 322 g/mol. The van der Waals surface area contributed by atoms with Crippen LogP contribution in [0.15, 0.2) is 22.9 Å². The van der Waals surface area contributed by atoms with E-state index in [-0.39, 0.29) is 6.04 Å². The van der Waals surface area contributed by atoms with E-state index in [2.05, 4.69) is 31.5 Å². The summed E-state index contributed by atoms with van der Waals surface area (Å²) >= 11 is 3.38. The van der Waals surface area contributed by atoms with Crippen molar-refractivity contribution in [2.75, 3.05) is 6.54 Å². The van der Waals surface area contributed by atoms with Gasteiger partial charge in [0.1, 0.15) is 5.60 Å². The van der Waals surface area contributed by atoms with Crippen molar-refractivity contribution in [1.29, 1.82) is 0 Å². The molecule has 0 aliphatic rings. The molecule has 112 valence electrons. The van der Waals surface area contributed by atoms with Crippen LogP contribution in [-0.4, -0.2) is 29.3 Å². The summed E-state index contributed by atoms with van der Waals surface area (Å²) in [5, 5.41) is 6.05. The minimum atomic E-state index is -0.470. The van der Waals surface area contributed by atoms with Crippen LogP contribution < -0.4 is 10.6 Å². The highest BCUT2D eigenvalue weighted by Gasteiger charge is 2.16. The van der Waals surface area contributed by atoms with Crippen molar-refractivity contribution in [3.05, 3.63) is 28.5 Å². The molecular formula is C14H22BrN3O2. The fraction of sp³-hybridized carbons (Fsp3) is 0.571. The molecule has 20 heavy (non-hydrogen) atoms. The molecule has 1 rings (SSSR count). The highest BCUT2D eigenvalue weighted by Crippen LogP contribution is 2.09. The van der Waals surface area contributed by atoms with Crippen LogP contribution in [-0.2, 0) is 11.3 Å². The summed E-state index contributed by atoms with van der Waals surface area (Å²) < 4.78 is 6.13. The van der Waals surface area contributed by atoms with Gasteiger partial charge in [-0.15, -0.1) is 0 Å². The third kappa shape index (κ3) is 7.45. The largest absolute Gasteiger partial charge is 0.444 e. The average molecular weight is 344 g/mol. The third-order valence-corrected chi connectivity index (χ3v) is 2.80. The Hall–Kier alpha value is -1.14. The number of nitrogens with one attached hydrogen (secondary N) is 2. The van der Waals surface area contributed by atoms with Crippen molar-refractivity contribution in [3.63, 3.8) is 0 Å². The highest BCUT2D eigenvalue weighted by atomic mass is 79.9. The minimum absolute atomic E-state index is 0.140. The van der Waals surface area contributed by atoms with Gasteiger partial charge < -0.3 is 15.4 Å². The molecule has 0 saturated heterocycles. The molecule has 1 unspecified atom stereocenters. The number of rotatable bonds is 5. The number of hydrogen-bond acceptors (Lipinski definition) is 4. The van der Waals surface area contributed by atoms with E-state index in [1.807, 2.05) is 40.0 Å². The molecule has 0 bridgehead atoms. The molecule has 1 amide bonds. The normalized spacial score (nSPS) is 12.8. The number of carbonyl (C=O) groups is 1. The minimum Gasteiger partial charge on any atom is -0.444 e. The van der Waals surface area contributed by atoms with Crippen LogP contribution in [0.25, 0.3) is 0 Å². The molecule has 1 atom stereocenters. The van der Waals surface area contributed by atoms with Crippen LogP contribution in [0, 0.1) is 0 Å². The van der Waals surface area contributed by atoms with Gasteiger partial charge in [0, 0.05) is 36.0 Å². The topological polar surface area (TPSA) is 63.2 Å². The molecule has 0 aliphatic heterocycles. The van der Waals surface area contributed by atoms with Gasteiger partial charge in [0.05, 0.1) is 0 Å². The van der Waals surface area contributed by atoms with Crippen LogP contribution >= 0.6 is 15.9 Å².